The van der Waals surface area contributed by atoms with Crippen LogP contribution in [0.4, 0.5) is 5.69 Å². The lowest BCUT2D eigenvalue weighted by molar-refractivity contribution is -0.118. The average molecular weight is 351 g/mol. The third-order valence-corrected chi connectivity index (χ3v) is 3.32. The SMILES string of the molecule is COCC(N)C(=O)Nc1ccc(C)cc1OCc1ccccc1.Cl. The van der Waals surface area contributed by atoms with Gasteiger partial charge in [-0.05, 0) is 30.2 Å². The van der Waals surface area contributed by atoms with Crippen LogP contribution in [0.5, 0.6) is 5.75 Å². The van der Waals surface area contributed by atoms with Crippen LogP contribution in [0.25, 0.3) is 0 Å². The van der Waals surface area contributed by atoms with Gasteiger partial charge in [0.25, 0.3) is 0 Å². The number of hydrogen-bond donors (Lipinski definition) is 2. The minimum atomic E-state index is -0.719. The Balaban J connectivity index is 0.00000288. The minimum absolute atomic E-state index is 0. The maximum absolute atomic E-state index is 12.0. The first kappa shape index (κ1) is 20.0. The quantitative estimate of drug-likeness (QED) is 0.805. The fourth-order valence-corrected chi connectivity index (χ4v) is 2.07. The molecule has 0 heterocycles. The second-order valence-corrected chi connectivity index (χ2v) is 5.32. The molecule has 1 atom stereocenters. The van der Waals surface area contributed by atoms with E-state index in [-0.39, 0.29) is 24.9 Å². The molecule has 0 aliphatic heterocycles. The van der Waals surface area contributed by atoms with Crippen molar-refractivity contribution < 1.29 is 14.3 Å². The Morgan fingerprint density at radius 2 is 1.92 bits per heavy atom. The van der Waals surface area contributed by atoms with Crippen molar-refractivity contribution >= 4 is 24.0 Å². The summed E-state index contributed by atoms with van der Waals surface area (Å²) in [4.78, 5) is 12.0. The van der Waals surface area contributed by atoms with E-state index in [0.29, 0.717) is 18.0 Å². The lowest BCUT2D eigenvalue weighted by Crippen LogP contribution is -2.39. The van der Waals surface area contributed by atoms with Gasteiger partial charge in [-0.3, -0.25) is 4.79 Å². The number of nitrogens with two attached hydrogens (primary N) is 1. The van der Waals surface area contributed by atoms with Crippen molar-refractivity contribution in [2.24, 2.45) is 5.73 Å². The fraction of sp³-hybridized carbons (Fsp3) is 0.278. The first-order valence-electron chi connectivity index (χ1n) is 7.43. The molecule has 0 saturated carbocycles. The zero-order valence-corrected chi connectivity index (χ0v) is 14.6. The van der Waals surface area contributed by atoms with Gasteiger partial charge in [-0.25, -0.2) is 0 Å². The van der Waals surface area contributed by atoms with E-state index >= 15 is 0 Å². The molecule has 2 aromatic rings. The number of methoxy groups -OCH3 is 1. The van der Waals surface area contributed by atoms with E-state index in [9.17, 15) is 4.79 Å². The largest absolute Gasteiger partial charge is 0.487 e. The molecule has 3 N–H and O–H groups in total. The van der Waals surface area contributed by atoms with E-state index in [1.807, 2.05) is 55.5 Å². The van der Waals surface area contributed by atoms with Crippen LogP contribution in [0.1, 0.15) is 11.1 Å². The van der Waals surface area contributed by atoms with Crippen LogP contribution in [0.2, 0.25) is 0 Å². The van der Waals surface area contributed by atoms with E-state index < -0.39 is 6.04 Å². The molecule has 2 aromatic carbocycles. The lowest BCUT2D eigenvalue weighted by Gasteiger charge is -2.16. The Bertz CT molecular complexity index is 650. The molecule has 5 nitrogen and oxygen atoms in total. The molecule has 0 radical (unpaired) electrons. The van der Waals surface area contributed by atoms with E-state index in [2.05, 4.69) is 5.32 Å². The summed E-state index contributed by atoms with van der Waals surface area (Å²) in [5.74, 6) is 0.312. The molecule has 0 saturated heterocycles. The molecule has 2 rings (SSSR count). The number of anilines is 1. The van der Waals surface area contributed by atoms with Gasteiger partial charge in [-0.2, -0.15) is 0 Å². The van der Waals surface area contributed by atoms with Crippen LogP contribution in [0, 0.1) is 6.92 Å². The summed E-state index contributed by atoms with van der Waals surface area (Å²) in [7, 11) is 1.51. The zero-order chi connectivity index (χ0) is 16.7. The summed E-state index contributed by atoms with van der Waals surface area (Å²) in [6.07, 6.45) is 0. The molecule has 6 heteroatoms. The number of carbonyl (C=O) groups is 1. The lowest BCUT2D eigenvalue weighted by atomic mass is 10.2. The number of ether oxygens (including phenoxy) is 2. The number of amides is 1. The van der Waals surface area contributed by atoms with Gasteiger partial charge in [0, 0.05) is 7.11 Å². The van der Waals surface area contributed by atoms with Crippen LogP contribution in [0.3, 0.4) is 0 Å². The van der Waals surface area contributed by atoms with Crippen LogP contribution in [-0.4, -0.2) is 25.7 Å². The Kier molecular flexibility index (Phi) is 8.26. The number of halogens is 1. The van der Waals surface area contributed by atoms with Gasteiger partial charge in [0.05, 0.1) is 12.3 Å². The summed E-state index contributed by atoms with van der Waals surface area (Å²) >= 11 is 0. The smallest absolute Gasteiger partial charge is 0.243 e. The Morgan fingerprint density at radius 3 is 2.58 bits per heavy atom. The molecule has 0 aromatic heterocycles. The van der Waals surface area contributed by atoms with Crippen molar-refractivity contribution in [3.8, 4) is 5.75 Å². The standard InChI is InChI=1S/C18H22N2O3.ClH/c1-13-8-9-16(20-18(21)15(19)12-22-2)17(10-13)23-11-14-6-4-3-5-7-14;/h3-10,15H,11-12,19H2,1-2H3,(H,20,21);1H. The molecule has 0 spiro atoms. The Labute approximate surface area is 148 Å². The van der Waals surface area contributed by atoms with Crippen molar-refractivity contribution in [3.05, 3.63) is 59.7 Å². The number of hydrogen-bond acceptors (Lipinski definition) is 4. The number of aryl methyl sites for hydroxylation is 1. The predicted molar refractivity (Wildman–Crippen MR) is 97.7 cm³/mol. The Morgan fingerprint density at radius 1 is 1.21 bits per heavy atom. The summed E-state index contributed by atoms with van der Waals surface area (Å²) in [6.45, 7) is 2.56. The van der Waals surface area contributed by atoms with Gasteiger partial charge in [0.2, 0.25) is 5.91 Å². The maximum atomic E-state index is 12.0. The zero-order valence-electron chi connectivity index (χ0n) is 13.8. The van der Waals surface area contributed by atoms with E-state index in [1.54, 1.807) is 0 Å². The second-order valence-electron chi connectivity index (χ2n) is 5.32. The number of nitrogens with one attached hydrogen (secondary N) is 1. The molecule has 0 bridgehead atoms. The predicted octanol–water partition coefficient (Wildman–Crippen LogP) is 2.91. The van der Waals surface area contributed by atoms with E-state index in [1.165, 1.54) is 7.11 Å². The van der Waals surface area contributed by atoms with E-state index in [4.69, 9.17) is 15.2 Å². The highest BCUT2D eigenvalue weighted by molar-refractivity contribution is 5.96. The van der Waals surface area contributed by atoms with Gasteiger partial charge in [-0.1, -0.05) is 36.4 Å². The molecular formula is C18H23ClN2O3. The molecule has 0 aliphatic carbocycles. The summed E-state index contributed by atoms with van der Waals surface area (Å²) in [6, 6.07) is 14.7. The monoisotopic (exact) mass is 350 g/mol. The molecule has 24 heavy (non-hydrogen) atoms. The molecule has 1 amide bonds. The van der Waals surface area contributed by atoms with Gasteiger partial charge in [0.1, 0.15) is 18.4 Å². The van der Waals surface area contributed by atoms with Crippen LogP contribution < -0.4 is 15.8 Å². The first-order valence-corrected chi connectivity index (χ1v) is 7.43. The third kappa shape index (κ3) is 5.85. The fourth-order valence-electron chi connectivity index (χ4n) is 2.07. The van der Waals surface area contributed by atoms with Crippen molar-refractivity contribution in [3.63, 3.8) is 0 Å². The molecule has 0 fully saturated rings. The average Bonchev–Trinajstić information content (AvgIpc) is 2.56. The van der Waals surface area contributed by atoms with Gasteiger partial charge < -0.3 is 20.5 Å². The van der Waals surface area contributed by atoms with Crippen LogP contribution in [0.15, 0.2) is 48.5 Å². The first-order chi connectivity index (χ1) is 11.1. The normalized spacial score (nSPS) is 11.3. The Hall–Kier alpha value is -2.08. The summed E-state index contributed by atoms with van der Waals surface area (Å²) < 4.78 is 10.8. The molecule has 0 aliphatic rings. The summed E-state index contributed by atoms with van der Waals surface area (Å²) in [5, 5.41) is 2.79. The van der Waals surface area contributed by atoms with Gasteiger partial charge in [0.15, 0.2) is 0 Å². The van der Waals surface area contributed by atoms with Crippen molar-refractivity contribution in [1.29, 1.82) is 0 Å². The van der Waals surface area contributed by atoms with Crippen molar-refractivity contribution in [2.45, 2.75) is 19.6 Å². The highest BCUT2D eigenvalue weighted by Crippen LogP contribution is 2.26. The van der Waals surface area contributed by atoms with E-state index in [0.717, 1.165) is 11.1 Å². The highest BCUT2D eigenvalue weighted by atomic mass is 35.5. The van der Waals surface area contributed by atoms with Crippen LogP contribution in [-0.2, 0) is 16.1 Å². The molecular weight excluding hydrogens is 328 g/mol. The number of benzene rings is 2. The van der Waals surface area contributed by atoms with Crippen molar-refractivity contribution in [2.75, 3.05) is 19.0 Å². The molecule has 1 unspecified atom stereocenters. The summed E-state index contributed by atoms with van der Waals surface area (Å²) in [5.41, 5.74) is 8.45. The minimum Gasteiger partial charge on any atom is -0.487 e. The topological polar surface area (TPSA) is 73.6 Å². The molecule has 130 valence electrons. The second kappa shape index (κ2) is 9.93. The third-order valence-electron chi connectivity index (χ3n) is 3.32. The number of rotatable bonds is 7. The van der Waals surface area contributed by atoms with Gasteiger partial charge in [-0.15, -0.1) is 12.4 Å². The van der Waals surface area contributed by atoms with Gasteiger partial charge >= 0.3 is 0 Å². The number of carbonyl (C=O) groups excluding carboxylic acids is 1. The van der Waals surface area contributed by atoms with Crippen LogP contribution >= 0.6 is 12.4 Å². The highest BCUT2D eigenvalue weighted by Gasteiger charge is 2.15. The van der Waals surface area contributed by atoms with Crippen molar-refractivity contribution in [1.82, 2.24) is 0 Å². The maximum Gasteiger partial charge on any atom is 0.243 e.